The quantitative estimate of drug-likeness (QED) is 0.713. The number of nitrogens with one attached hydrogen (secondary N) is 2. The number of benzene rings is 1. The molecule has 0 aliphatic carbocycles. The number of amides is 2. The number of carbonyl (C=O) groups excluding carboxylic acids is 1. The van der Waals surface area contributed by atoms with Crippen LogP contribution in [0.5, 0.6) is 0 Å². The van der Waals surface area contributed by atoms with E-state index in [2.05, 4.69) is 26.6 Å². The highest BCUT2D eigenvalue weighted by Crippen LogP contribution is 2.11. The summed E-state index contributed by atoms with van der Waals surface area (Å²) in [5, 5.41) is 14.5. The normalized spacial score (nSPS) is 13.6. The number of aliphatic hydroxyl groups is 1. The molecule has 20 heavy (non-hydrogen) atoms. The average Bonchev–Trinajstić information content (AvgIpc) is 2.38. The molecule has 112 valence electrons. The van der Waals surface area contributed by atoms with Gasteiger partial charge in [-0.05, 0) is 50.8 Å². The first-order chi connectivity index (χ1) is 9.51. The van der Waals surface area contributed by atoms with Crippen molar-refractivity contribution in [3.8, 4) is 0 Å². The van der Waals surface area contributed by atoms with E-state index in [0.717, 1.165) is 17.3 Å². The molecule has 0 bridgehead atoms. The van der Waals surface area contributed by atoms with E-state index in [4.69, 9.17) is 5.11 Å². The Kier molecular flexibility index (Phi) is 7.62. The highest BCUT2D eigenvalue weighted by atomic mass is 79.9. The molecule has 0 fully saturated rings. The van der Waals surface area contributed by atoms with Crippen LogP contribution in [0.3, 0.4) is 0 Å². The minimum absolute atomic E-state index is 0.0706. The van der Waals surface area contributed by atoms with E-state index in [1.807, 2.05) is 38.1 Å². The van der Waals surface area contributed by atoms with Gasteiger partial charge in [0.25, 0.3) is 0 Å². The van der Waals surface area contributed by atoms with Crippen molar-refractivity contribution in [2.24, 2.45) is 0 Å². The molecule has 5 heteroatoms. The highest BCUT2D eigenvalue weighted by Gasteiger charge is 2.10. The van der Waals surface area contributed by atoms with Crippen LogP contribution in [0.25, 0.3) is 0 Å². The fraction of sp³-hybridized carbons (Fsp3) is 0.533. The monoisotopic (exact) mass is 342 g/mol. The van der Waals surface area contributed by atoms with E-state index in [0.29, 0.717) is 6.42 Å². The van der Waals surface area contributed by atoms with E-state index in [9.17, 15) is 4.79 Å². The fourth-order valence-electron chi connectivity index (χ4n) is 1.98. The standard InChI is InChI=1S/C15H23BrN2O2/c1-11(4-3-9-19)17-15(20)18-12(2)10-13-5-7-14(16)8-6-13/h5-8,11-12,19H,3-4,9-10H2,1-2H3,(H2,17,18,20)/t11-,12-/m0/s1. The number of rotatable bonds is 7. The Hall–Kier alpha value is -1.07. The van der Waals surface area contributed by atoms with Gasteiger partial charge in [-0.15, -0.1) is 0 Å². The lowest BCUT2D eigenvalue weighted by Crippen LogP contribution is -2.45. The molecular formula is C15H23BrN2O2. The summed E-state index contributed by atoms with van der Waals surface area (Å²) in [6.45, 7) is 4.09. The molecule has 0 aliphatic heterocycles. The largest absolute Gasteiger partial charge is 0.396 e. The number of carbonyl (C=O) groups is 1. The molecule has 2 atom stereocenters. The van der Waals surface area contributed by atoms with Crippen LogP contribution in [0.1, 0.15) is 32.3 Å². The maximum absolute atomic E-state index is 11.8. The van der Waals surface area contributed by atoms with Gasteiger partial charge in [0.2, 0.25) is 0 Å². The zero-order valence-corrected chi connectivity index (χ0v) is 13.6. The first kappa shape index (κ1) is 17.0. The van der Waals surface area contributed by atoms with E-state index in [-0.39, 0.29) is 24.7 Å². The second-order valence-electron chi connectivity index (χ2n) is 5.12. The summed E-state index contributed by atoms with van der Waals surface area (Å²) in [5.74, 6) is 0. The van der Waals surface area contributed by atoms with E-state index < -0.39 is 0 Å². The van der Waals surface area contributed by atoms with Crippen molar-refractivity contribution in [3.63, 3.8) is 0 Å². The molecular weight excluding hydrogens is 320 g/mol. The van der Waals surface area contributed by atoms with Gasteiger partial charge in [0.05, 0.1) is 0 Å². The van der Waals surface area contributed by atoms with Gasteiger partial charge in [0.15, 0.2) is 0 Å². The van der Waals surface area contributed by atoms with Crippen molar-refractivity contribution in [1.82, 2.24) is 10.6 Å². The van der Waals surface area contributed by atoms with Crippen LogP contribution in [0.2, 0.25) is 0 Å². The van der Waals surface area contributed by atoms with Gasteiger partial charge < -0.3 is 15.7 Å². The maximum atomic E-state index is 11.8. The van der Waals surface area contributed by atoms with Gasteiger partial charge in [-0.2, -0.15) is 0 Å². The minimum atomic E-state index is -0.153. The summed E-state index contributed by atoms with van der Waals surface area (Å²) in [6.07, 6.45) is 2.28. The SMILES string of the molecule is C[C@@H](CCCO)NC(=O)N[C@@H](C)Cc1ccc(Br)cc1. The third-order valence-electron chi connectivity index (χ3n) is 3.01. The number of hydrogen-bond donors (Lipinski definition) is 3. The van der Waals surface area contributed by atoms with Gasteiger partial charge in [0, 0.05) is 23.2 Å². The summed E-state index contributed by atoms with van der Waals surface area (Å²) >= 11 is 3.40. The Morgan fingerprint density at radius 1 is 1.20 bits per heavy atom. The summed E-state index contributed by atoms with van der Waals surface area (Å²) in [5.41, 5.74) is 1.19. The second kappa shape index (κ2) is 8.97. The van der Waals surface area contributed by atoms with Gasteiger partial charge in [-0.1, -0.05) is 28.1 Å². The molecule has 0 heterocycles. The van der Waals surface area contributed by atoms with Crippen LogP contribution in [0.15, 0.2) is 28.7 Å². The molecule has 4 nitrogen and oxygen atoms in total. The lowest BCUT2D eigenvalue weighted by Gasteiger charge is -2.18. The van der Waals surface area contributed by atoms with Gasteiger partial charge in [-0.25, -0.2) is 4.79 Å². The second-order valence-corrected chi connectivity index (χ2v) is 6.03. The van der Waals surface area contributed by atoms with Crippen molar-refractivity contribution in [1.29, 1.82) is 0 Å². The van der Waals surface area contributed by atoms with Crippen molar-refractivity contribution >= 4 is 22.0 Å². The molecule has 0 saturated carbocycles. The first-order valence-corrected chi connectivity index (χ1v) is 7.73. The molecule has 2 amide bonds. The molecule has 0 aromatic heterocycles. The van der Waals surface area contributed by atoms with Crippen LogP contribution in [-0.4, -0.2) is 29.8 Å². The van der Waals surface area contributed by atoms with Crippen molar-refractivity contribution in [2.45, 2.75) is 45.2 Å². The first-order valence-electron chi connectivity index (χ1n) is 6.93. The zero-order chi connectivity index (χ0) is 15.0. The number of hydrogen-bond acceptors (Lipinski definition) is 2. The smallest absolute Gasteiger partial charge is 0.315 e. The molecule has 0 saturated heterocycles. The van der Waals surface area contributed by atoms with E-state index in [1.165, 1.54) is 5.56 Å². The summed E-state index contributed by atoms with van der Waals surface area (Å²) in [4.78, 5) is 11.8. The number of halogens is 1. The van der Waals surface area contributed by atoms with Crippen LogP contribution < -0.4 is 10.6 Å². The van der Waals surface area contributed by atoms with E-state index >= 15 is 0 Å². The minimum Gasteiger partial charge on any atom is -0.396 e. The van der Waals surface area contributed by atoms with Gasteiger partial charge in [-0.3, -0.25) is 0 Å². The Balaban J connectivity index is 2.32. The summed E-state index contributed by atoms with van der Waals surface area (Å²) in [7, 11) is 0. The lowest BCUT2D eigenvalue weighted by atomic mass is 10.1. The van der Waals surface area contributed by atoms with Crippen LogP contribution in [0, 0.1) is 0 Å². The molecule has 1 aromatic carbocycles. The molecule has 1 rings (SSSR count). The average molecular weight is 343 g/mol. The third-order valence-corrected chi connectivity index (χ3v) is 3.53. The van der Waals surface area contributed by atoms with Crippen molar-refractivity contribution < 1.29 is 9.90 Å². The summed E-state index contributed by atoms with van der Waals surface area (Å²) < 4.78 is 1.05. The Bertz CT molecular complexity index is 409. The van der Waals surface area contributed by atoms with Crippen LogP contribution >= 0.6 is 15.9 Å². The molecule has 0 unspecified atom stereocenters. The molecule has 0 spiro atoms. The van der Waals surface area contributed by atoms with Gasteiger partial charge >= 0.3 is 6.03 Å². The Labute approximate surface area is 129 Å². The highest BCUT2D eigenvalue weighted by molar-refractivity contribution is 9.10. The van der Waals surface area contributed by atoms with E-state index in [1.54, 1.807) is 0 Å². The number of urea groups is 1. The number of aliphatic hydroxyl groups excluding tert-OH is 1. The predicted octanol–water partition coefficient (Wildman–Crippen LogP) is 2.84. The summed E-state index contributed by atoms with van der Waals surface area (Å²) in [6, 6.07) is 8.08. The molecule has 1 aromatic rings. The van der Waals surface area contributed by atoms with Crippen molar-refractivity contribution in [3.05, 3.63) is 34.3 Å². The topological polar surface area (TPSA) is 61.4 Å². The van der Waals surface area contributed by atoms with Crippen molar-refractivity contribution in [2.75, 3.05) is 6.61 Å². The lowest BCUT2D eigenvalue weighted by molar-refractivity contribution is 0.231. The fourth-order valence-corrected chi connectivity index (χ4v) is 2.25. The molecule has 0 aliphatic rings. The van der Waals surface area contributed by atoms with Crippen LogP contribution in [0.4, 0.5) is 4.79 Å². The van der Waals surface area contributed by atoms with Gasteiger partial charge in [0.1, 0.15) is 0 Å². The predicted molar refractivity (Wildman–Crippen MR) is 84.8 cm³/mol. The van der Waals surface area contributed by atoms with Crippen LogP contribution in [-0.2, 0) is 6.42 Å². The Morgan fingerprint density at radius 2 is 1.80 bits per heavy atom. The zero-order valence-electron chi connectivity index (χ0n) is 12.0. The Morgan fingerprint density at radius 3 is 2.40 bits per heavy atom. The maximum Gasteiger partial charge on any atom is 0.315 e. The third kappa shape index (κ3) is 6.91. The molecule has 3 N–H and O–H groups in total. The molecule has 0 radical (unpaired) electrons.